The Morgan fingerprint density at radius 3 is 1.74 bits per heavy atom. The largest absolute Gasteiger partial charge is 0.416 e. The predicted molar refractivity (Wildman–Crippen MR) is 341 cm³/mol. The van der Waals surface area contributed by atoms with Crippen LogP contribution in [0.3, 0.4) is 0 Å². The Hall–Kier alpha value is -7.31. The van der Waals surface area contributed by atoms with E-state index in [1.54, 1.807) is 38.1 Å². The Kier molecular flexibility index (Phi) is 27.5. The first-order valence-corrected chi connectivity index (χ1v) is 32.4. The number of hydrogen-bond acceptors (Lipinski definition) is 11. The molecule has 1 spiro atoms. The van der Waals surface area contributed by atoms with Gasteiger partial charge in [0.1, 0.15) is 41.8 Å². The number of alkyl halides is 3. The molecule has 0 aromatic heterocycles. The van der Waals surface area contributed by atoms with Gasteiger partial charge in [-0.25, -0.2) is 0 Å². The molecular weight excluding hydrogens is 1220 g/mol. The number of aryl methyl sites for hydroxylation is 1. The number of carbonyl (C=O) groups excluding carboxylic acids is 11. The van der Waals surface area contributed by atoms with Crippen molar-refractivity contribution in [2.75, 3.05) is 68.5 Å². The van der Waals surface area contributed by atoms with Gasteiger partial charge in [-0.15, -0.1) is 0 Å². The molecule has 510 valence electrons. The normalized spacial score (nSPS) is 24.9. The lowest BCUT2D eigenvalue weighted by molar-refractivity contribution is -0.149. The van der Waals surface area contributed by atoms with Crippen LogP contribution in [-0.4, -0.2) is 216 Å². The number of halogens is 4. The number of nitrogens with zero attached hydrogens (tertiary/aromatic N) is 7. The van der Waals surface area contributed by atoms with E-state index in [9.17, 15) is 51.5 Å². The monoisotopic (exact) mass is 1310 g/mol. The van der Waals surface area contributed by atoms with Crippen LogP contribution in [0.25, 0.3) is 0 Å². The summed E-state index contributed by atoms with van der Waals surface area (Å²) in [6.07, 6.45) is -1.48. The third kappa shape index (κ3) is 20.3. The fourth-order valence-corrected chi connectivity index (χ4v) is 12.3. The molecule has 2 aromatic rings. The molecule has 2 aliphatic heterocycles. The van der Waals surface area contributed by atoms with E-state index in [2.05, 4.69) is 21.3 Å². The van der Waals surface area contributed by atoms with Crippen molar-refractivity contribution in [3.8, 4) is 0 Å². The van der Waals surface area contributed by atoms with Gasteiger partial charge in [0.25, 0.3) is 0 Å². The van der Waals surface area contributed by atoms with Gasteiger partial charge in [-0.05, 0) is 118 Å². The van der Waals surface area contributed by atoms with Gasteiger partial charge in [0, 0.05) is 72.7 Å². The topological polar surface area (TPSA) is 259 Å². The Morgan fingerprint density at radius 1 is 0.598 bits per heavy atom. The third-order valence-electron chi connectivity index (χ3n) is 18.0. The van der Waals surface area contributed by atoms with Gasteiger partial charge in [0.05, 0.1) is 25.2 Å². The summed E-state index contributed by atoms with van der Waals surface area (Å²) in [4.78, 5) is 168. The molecule has 0 radical (unpaired) electrons. The summed E-state index contributed by atoms with van der Waals surface area (Å²) in [6.45, 7) is 11.2. The van der Waals surface area contributed by atoms with Crippen molar-refractivity contribution in [2.24, 2.45) is 17.8 Å². The molecule has 22 nitrogen and oxygen atoms in total. The van der Waals surface area contributed by atoms with Gasteiger partial charge in [0.2, 0.25) is 65.0 Å². The standard InChI is InChI=1S/C66H97ClF3N11O11/c1-14-42(6)57-63(91)77(10)38-55(84)75(8)39-56(85)78(11)52(36-45-22-27-47(67)28-23-45)62(90)76(9)37-53(82)72-48(29-24-44-20-25-46(26-21-44)66(68,69)70)61(89)79(12)51(34-41(4)5)60(88)74-65(30-16-17-31-65)64(92)80(13)50(33-40(2)3)59(87)71-43(7)35-54(83)81-32-18-15-19-49(81)58(86)73-57/h20-23,25-28,40-43,48-52,57H,14-19,24,29-39H2,1-13H3,(H,71,87)(H,72,82)(H,73,86)(H,74,88)/t42-,43+,48-,49-,50-,51-,52-,57-/m0/s1. The highest BCUT2D eigenvalue weighted by Gasteiger charge is 2.48. The van der Waals surface area contributed by atoms with Gasteiger partial charge < -0.3 is 55.6 Å². The average Bonchev–Trinajstić information content (AvgIpc) is 1.48. The van der Waals surface area contributed by atoms with E-state index in [0.29, 0.717) is 54.7 Å². The van der Waals surface area contributed by atoms with Crippen LogP contribution in [0.1, 0.15) is 142 Å². The van der Waals surface area contributed by atoms with E-state index >= 15 is 14.4 Å². The summed E-state index contributed by atoms with van der Waals surface area (Å²) in [7, 11) is 8.28. The molecule has 3 aliphatic rings. The molecule has 1 aliphatic carbocycles. The first-order chi connectivity index (χ1) is 43.1. The summed E-state index contributed by atoms with van der Waals surface area (Å²) >= 11 is 6.21. The Labute approximate surface area is 544 Å². The van der Waals surface area contributed by atoms with Crippen molar-refractivity contribution in [2.45, 2.75) is 192 Å². The molecule has 26 heteroatoms. The minimum Gasteiger partial charge on any atom is -0.351 e. The maximum atomic E-state index is 15.2. The number of rotatable bonds is 11. The van der Waals surface area contributed by atoms with Gasteiger partial charge in [0.15, 0.2) is 0 Å². The van der Waals surface area contributed by atoms with Crippen molar-refractivity contribution in [1.82, 2.24) is 55.6 Å². The smallest absolute Gasteiger partial charge is 0.351 e. The molecule has 5 rings (SSSR count). The van der Waals surface area contributed by atoms with Crippen LogP contribution in [0.15, 0.2) is 48.5 Å². The molecule has 8 atom stereocenters. The predicted octanol–water partition coefficient (Wildman–Crippen LogP) is 5.22. The molecule has 0 unspecified atom stereocenters. The zero-order chi connectivity index (χ0) is 68.7. The summed E-state index contributed by atoms with van der Waals surface area (Å²) in [5, 5.41) is 12.0. The van der Waals surface area contributed by atoms with Crippen molar-refractivity contribution >= 4 is 76.6 Å². The molecular formula is C66H97ClF3N11O11. The fraction of sp³-hybridized carbons (Fsp3) is 0.652. The van der Waals surface area contributed by atoms with Gasteiger partial charge >= 0.3 is 6.18 Å². The highest BCUT2D eigenvalue weighted by atomic mass is 35.5. The highest BCUT2D eigenvalue weighted by Crippen LogP contribution is 2.34. The second-order valence-corrected chi connectivity index (χ2v) is 26.8. The molecule has 92 heavy (non-hydrogen) atoms. The Bertz CT molecular complexity index is 2950. The second-order valence-electron chi connectivity index (χ2n) is 26.4. The van der Waals surface area contributed by atoms with Gasteiger partial charge in [-0.3, -0.25) is 52.7 Å². The molecule has 3 fully saturated rings. The Balaban J connectivity index is 1.57. The van der Waals surface area contributed by atoms with Crippen LogP contribution in [0.5, 0.6) is 0 Å². The van der Waals surface area contributed by atoms with Crippen LogP contribution in [-0.2, 0) is 71.8 Å². The maximum absolute atomic E-state index is 15.2. The lowest BCUT2D eigenvalue weighted by atomic mass is 9.91. The minimum absolute atomic E-state index is 0.0298. The maximum Gasteiger partial charge on any atom is 0.416 e. The molecule has 4 N–H and O–H groups in total. The molecule has 0 bridgehead atoms. The van der Waals surface area contributed by atoms with Gasteiger partial charge in [-0.2, -0.15) is 13.2 Å². The number of likely N-dealkylation sites (N-methyl/N-ethyl adjacent to an activating group) is 6. The lowest BCUT2D eigenvalue weighted by Crippen LogP contribution is -2.64. The van der Waals surface area contributed by atoms with Crippen LogP contribution in [0.2, 0.25) is 5.02 Å². The number of amides is 11. The number of fused-ring (bicyclic) bond motifs is 1. The van der Waals surface area contributed by atoms with Crippen molar-refractivity contribution in [1.29, 1.82) is 0 Å². The first kappa shape index (κ1) is 75.4. The third-order valence-corrected chi connectivity index (χ3v) is 18.3. The van der Waals surface area contributed by atoms with Crippen molar-refractivity contribution in [3.63, 3.8) is 0 Å². The highest BCUT2D eigenvalue weighted by molar-refractivity contribution is 6.30. The van der Waals surface area contributed by atoms with E-state index in [4.69, 9.17) is 11.6 Å². The number of nitrogens with one attached hydrogen (secondary N) is 4. The number of piperidine rings is 1. The zero-order valence-electron chi connectivity index (χ0n) is 55.8. The molecule has 2 heterocycles. The molecule has 2 saturated heterocycles. The van der Waals surface area contributed by atoms with E-state index in [1.165, 1.54) is 69.1 Å². The van der Waals surface area contributed by atoms with Crippen molar-refractivity contribution in [3.05, 3.63) is 70.2 Å². The summed E-state index contributed by atoms with van der Waals surface area (Å²) in [5.41, 5.74) is -1.46. The Morgan fingerprint density at radius 2 is 1.16 bits per heavy atom. The fourth-order valence-electron chi connectivity index (χ4n) is 12.2. The molecule has 1 saturated carbocycles. The lowest BCUT2D eigenvalue weighted by Gasteiger charge is -2.39. The number of hydrogen-bond donors (Lipinski definition) is 4. The first-order valence-electron chi connectivity index (χ1n) is 32.0. The average molecular weight is 1310 g/mol. The van der Waals surface area contributed by atoms with E-state index in [0.717, 1.165) is 31.7 Å². The van der Waals surface area contributed by atoms with E-state index in [-0.39, 0.29) is 69.7 Å². The van der Waals surface area contributed by atoms with E-state index in [1.807, 2.05) is 34.6 Å². The van der Waals surface area contributed by atoms with Gasteiger partial charge in [-0.1, -0.05) is 96.7 Å². The summed E-state index contributed by atoms with van der Waals surface area (Å²) < 4.78 is 40.9. The summed E-state index contributed by atoms with van der Waals surface area (Å²) in [6, 6.07) is 2.84. The van der Waals surface area contributed by atoms with Crippen LogP contribution in [0.4, 0.5) is 13.2 Å². The van der Waals surface area contributed by atoms with Crippen LogP contribution >= 0.6 is 11.6 Å². The van der Waals surface area contributed by atoms with E-state index < -0.39 is 150 Å². The SMILES string of the molecule is CC[C@H](C)[C@@H]1NC(=O)[C@@H]2CCCCN2C(=O)C[C@@H](C)NC(=O)[C@H](CC(C)C)N(C)C(=O)C2(CCCC2)NC(=O)[C@H](CC(C)C)N(C)C(=O)[C@H](CCc2ccc(C(F)(F)F)cc2)NC(=O)CN(C)C(=O)[C@H](Cc2ccc(Cl)cc2)N(C)C(=O)CN(C)C(=O)CN(C)C1=O. The minimum atomic E-state index is -4.63. The number of benzene rings is 2. The summed E-state index contributed by atoms with van der Waals surface area (Å²) in [5.74, 6) is -7.87. The van der Waals surface area contributed by atoms with Crippen molar-refractivity contribution < 1.29 is 65.9 Å². The second kappa shape index (κ2) is 33.5. The molecule has 2 aromatic carbocycles. The van der Waals surface area contributed by atoms with Crippen LogP contribution in [0, 0.1) is 17.8 Å². The number of carbonyl (C=O) groups is 11. The van der Waals surface area contributed by atoms with Crippen LogP contribution < -0.4 is 21.3 Å². The quantitative estimate of drug-likeness (QED) is 0.227. The zero-order valence-corrected chi connectivity index (χ0v) is 56.5. The molecule has 11 amide bonds.